The van der Waals surface area contributed by atoms with Gasteiger partial charge in [-0.3, -0.25) is 0 Å². The van der Waals surface area contributed by atoms with Crippen molar-refractivity contribution < 1.29 is 12.8 Å². The molecule has 1 saturated heterocycles. The van der Waals surface area contributed by atoms with E-state index in [1.165, 1.54) is 12.1 Å². The third-order valence-corrected chi connectivity index (χ3v) is 5.80. The van der Waals surface area contributed by atoms with Gasteiger partial charge in [-0.25, -0.2) is 17.5 Å². The molecule has 1 aliphatic heterocycles. The molecule has 4 nitrogen and oxygen atoms in total. The Morgan fingerprint density at radius 2 is 1.95 bits per heavy atom. The van der Waals surface area contributed by atoms with Crippen LogP contribution in [0.15, 0.2) is 17.0 Å². The van der Waals surface area contributed by atoms with E-state index in [1.54, 1.807) is 13.8 Å². The number of nitrogens with zero attached hydrogens (tertiary/aromatic N) is 1. The van der Waals surface area contributed by atoms with Crippen LogP contribution in [0.25, 0.3) is 0 Å². The lowest BCUT2D eigenvalue weighted by Crippen LogP contribution is -2.32. The Morgan fingerprint density at radius 1 is 1.33 bits per heavy atom. The fraction of sp³-hybridized carbons (Fsp3) is 0.600. The zero-order valence-corrected chi connectivity index (χ0v) is 13.6. The summed E-state index contributed by atoms with van der Waals surface area (Å²) in [5.41, 5.74) is 0.892. The summed E-state index contributed by atoms with van der Waals surface area (Å²) in [6.07, 6.45) is 1.01. The maximum atomic E-state index is 13.3. The summed E-state index contributed by atoms with van der Waals surface area (Å²) < 4.78 is 40.9. The SMILES string of the molecule is CCN1CCC(CNS(=O)(=O)c2c(C)cc(F)cc2C)C1. The number of likely N-dealkylation sites (tertiary alicyclic amines) is 1. The first kappa shape index (κ1) is 16.4. The van der Waals surface area contributed by atoms with Gasteiger partial charge in [-0.05, 0) is 62.5 Å². The summed E-state index contributed by atoms with van der Waals surface area (Å²) in [5, 5.41) is 0. The Balaban J connectivity index is 2.09. The van der Waals surface area contributed by atoms with E-state index in [-0.39, 0.29) is 4.90 Å². The van der Waals surface area contributed by atoms with Crippen molar-refractivity contribution in [2.75, 3.05) is 26.2 Å². The first-order chi connectivity index (χ1) is 9.83. The minimum atomic E-state index is -3.59. The fourth-order valence-electron chi connectivity index (χ4n) is 2.99. The molecule has 1 fully saturated rings. The quantitative estimate of drug-likeness (QED) is 0.905. The van der Waals surface area contributed by atoms with E-state index >= 15 is 0 Å². The van der Waals surface area contributed by atoms with Crippen molar-refractivity contribution in [1.82, 2.24) is 9.62 Å². The molecular weight excluding hydrogens is 291 g/mol. The number of sulfonamides is 1. The van der Waals surface area contributed by atoms with Crippen molar-refractivity contribution in [2.45, 2.75) is 32.1 Å². The number of hydrogen-bond acceptors (Lipinski definition) is 3. The minimum absolute atomic E-state index is 0.203. The third kappa shape index (κ3) is 3.81. The molecule has 1 aromatic carbocycles. The number of halogens is 1. The van der Waals surface area contributed by atoms with Crippen molar-refractivity contribution in [3.63, 3.8) is 0 Å². The molecule has 0 aliphatic carbocycles. The summed E-state index contributed by atoms with van der Waals surface area (Å²) in [5.74, 6) is -0.0564. The molecule has 0 saturated carbocycles. The third-order valence-electron chi connectivity index (χ3n) is 4.07. The van der Waals surface area contributed by atoms with Gasteiger partial charge in [0.2, 0.25) is 10.0 Å². The monoisotopic (exact) mass is 314 g/mol. The van der Waals surface area contributed by atoms with Crippen LogP contribution >= 0.6 is 0 Å². The average Bonchev–Trinajstić information content (AvgIpc) is 2.82. The Kier molecular flexibility index (Phi) is 5.01. The van der Waals surface area contributed by atoms with E-state index in [2.05, 4.69) is 16.5 Å². The predicted octanol–water partition coefficient (Wildman–Crippen LogP) is 2.06. The van der Waals surface area contributed by atoms with E-state index in [1.807, 2.05) is 0 Å². The first-order valence-corrected chi connectivity index (χ1v) is 8.80. The van der Waals surface area contributed by atoms with Crippen LogP contribution in [0.2, 0.25) is 0 Å². The van der Waals surface area contributed by atoms with Crippen LogP contribution in [0.3, 0.4) is 0 Å². The molecule has 0 amide bonds. The van der Waals surface area contributed by atoms with Crippen LogP contribution in [0.5, 0.6) is 0 Å². The van der Waals surface area contributed by atoms with Gasteiger partial charge >= 0.3 is 0 Å². The van der Waals surface area contributed by atoms with Gasteiger partial charge in [0, 0.05) is 13.1 Å². The Hall–Kier alpha value is -0.980. The van der Waals surface area contributed by atoms with Crippen LogP contribution in [0.1, 0.15) is 24.5 Å². The van der Waals surface area contributed by atoms with Gasteiger partial charge in [0.15, 0.2) is 0 Å². The highest BCUT2D eigenvalue weighted by Crippen LogP contribution is 2.22. The minimum Gasteiger partial charge on any atom is -0.303 e. The molecule has 0 spiro atoms. The standard InChI is InChI=1S/C15H23FN2O2S/c1-4-18-6-5-13(10-18)9-17-21(19,20)15-11(2)7-14(16)8-12(15)3/h7-8,13,17H,4-6,9-10H2,1-3H3. The van der Waals surface area contributed by atoms with Gasteiger partial charge in [-0.15, -0.1) is 0 Å². The van der Waals surface area contributed by atoms with E-state index < -0.39 is 15.8 Å². The van der Waals surface area contributed by atoms with E-state index in [0.717, 1.165) is 26.1 Å². The summed E-state index contributed by atoms with van der Waals surface area (Å²) in [6.45, 7) is 8.75. The molecule has 2 rings (SSSR count). The molecule has 1 aliphatic rings. The first-order valence-electron chi connectivity index (χ1n) is 7.32. The van der Waals surface area contributed by atoms with Crippen LogP contribution in [0.4, 0.5) is 4.39 Å². The molecule has 1 atom stereocenters. The molecule has 0 aromatic heterocycles. The van der Waals surface area contributed by atoms with Gasteiger partial charge in [0.05, 0.1) is 4.90 Å². The van der Waals surface area contributed by atoms with Gasteiger partial charge in [0.25, 0.3) is 0 Å². The zero-order chi connectivity index (χ0) is 15.6. The summed E-state index contributed by atoms with van der Waals surface area (Å²) >= 11 is 0. The molecule has 0 bridgehead atoms. The number of rotatable bonds is 5. The van der Waals surface area contributed by atoms with Crippen LogP contribution in [0, 0.1) is 25.6 Å². The maximum Gasteiger partial charge on any atom is 0.241 e. The Morgan fingerprint density at radius 3 is 2.48 bits per heavy atom. The molecule has 118 valence electrons. The van der Waals surface area contributed by atoms with Crippen LogP contribution in [-0.2, 0) is 10.0 Å². The van der Waals surface area contributed by atoms with E-state index in [4.69, 9.17) is 0 Å². The molecule has 21 heavy (non-hydrogen) atoms. The Bertz CT molecular complexity index is 593. The average molecular weight is 314 g/mol. The molecule has 6 heteroatoms. The summed E-state index contributed by atoms with van der Waals surface area (Å²) in [4.78, 5) is 2.52. The number of hydrogen-bond donors (Lipinski definition) is 1. The highest BCUT2D eigenvalue weighted by molar-refractivity contribution is 7.89. The lowest BCUT2D eigenvalue weighted by molar-refractivity contribution is 0.342. The Labute approximate surface area is 126 Å². The van der Waals surface area contributed by atoms with E-state index in [9.17, 15) is 12.8 Å². The molecule has 1 unspecified atom stereocenters. The van der Waals surface area contributed by atoms with Crippen molar-refractivity contribution in [3.8, 4) is 0 Å². The maximum absolute atomic E-state index is 13.3. The van der Waals surface area contributed by atoms with Crippen LogP contribution < -0.4 is 4.72 Å². The number of nitrogens with one attached hydrogen (secondary N) is 1. The van der Waals surface area contributed by atoms with Gasteiger partial charge < -0.3 is 4.90 Å². The van der Waals surface area contributed by atoms with Gasteiger partial charge in [0.1, 0.15) is 5.82 Å². The van der Waals surface area contributed by atoms with Crippen molar-refractivity contribution in [2.24, 2.45) is 5.92 Å². The van der Waals surface area contributed by atoms with Crippen LogP contribution in [-0.4, -0.2) is 39.5 Å². The summed E-state index contributed by atoms with van der Waals surface area (Å²) in [6, 6.07) is 2.52. The molecule has 1 heterocycles. The second-order valence-corrected chi connectivity index (χ2v) is 7.47. The van der Waals surface area contributed by atoms with Crippen molar-refractivity contribution >= 4 is 10.0 Å². The molecule has 1 N–H and O–H groups in total. The predicted molar refractivity (Wildman–Crippen MR) is 81.3 cm³/mol. The smallest absolute Gasteiger partial charge is 0.241 e. The molecular formula is C15H23FN2O2S. The number of aryl methyl sites for hydroxylation is 2. The largest absolute Gasteiger partial charge is 0.303 e. The molecule has 1 aromatic rings. The second kappa shape index (κ2) is 6.42. The fourth-order valence-corrected chi connectivity index (χ4v) is 4.55. The van der Waals surface area contributed by atoms with E-state index in [0.29, 0.717) is 23.6 Å². The lowest BCUT2D eigenvalue weighted by atomic mass is 10.1. The lowest BCUT2D eigenvalue weighted by Gasteiger charge is -2.16. The highest BCUT2D eigenvalue weighted by Gasteiger charge is 2.25. The number of benzene rings is 1. The zero-order valence-electron chi connectivity index (χ0n) is 12.8. The summed E-state index contributed by atoms with van der Waals surface area (Å²) in [7, 11) is -3.59. The second-order valence-electron chi connectivity index (χ2n) is 5.77. The topological polar surface area (TPSA) is 49.4 Å². The highest BCUT2D eigenvalue weighted by atomic mass is 32.2. The van der Waals surface area contributed by atoms with Crippen molar-refractivity contribution in [3.05, 3.63) is 29.1 Å². The van der Waals surface area contributed by atoms with Crippen molar-refractivity contribution in [1.29, 1.82) is 0 Å². The van der Waals surface area contributed by atoms with Gasteiger partial charge in [-0.2, -0.15) is 0 Å². The molecule has 0 radical (unpaired) electrons. The normalized spacial score (nSPS) is 20.1. The van der Waals surface area contributed by atoms with Gasteiger partial charge in [-0.1, -0.05) is 6.92 Å².